The number of hydrogen-bond acceptors (Lipinski definition) is 5. The van der Waals surface area contributed by atoms with Crippen molar-refractivity contribution in [2.24, 2.45) is 0 Å². The quantitative estimate of drug-likeness (QED) is 0.360. The molecule has 0 amide bonds. The molecule has 0 bridgehead atoms. The van der Waals surface area contributed by atoms with Gasteiger partial charge in [0.15, 0.2) is 0 Å². The fourth-order valence-electron chi connectivity index (χ4n) is 3.40. The average Bonchev–Trinajstić information content (AvgIpc) is 2.78. The molecule has 3 rings (SSSR count). The Bertz CT molecular complexity index is 1020. The number of rotatable bonds is 8. The monoisotopic (exact) mass is 419 g/mol. The zero-order valence-electron chi connectivity index (χ0n) is 18.7. The Labute approximate surface area is 184 Å². The Hall–Kier alpha value is -3.31. The summed E-state index contributed by atoms with van der Waals surface area (Å²) in [6, 6.07) is 20.8. The van der Waals surface area contributed by atoms with E-state index >= 15 is 0 Å². The predicted molar refractivity (Wildman–Crippen MR) is 122 cm³/mol. The van der Waals surface area contributed by atoms with Crippen LogP contribution in [0.2, 0.25) is 0 Å². The van der Waals surface area contributed by atoms with Crippen molar-refractivity contribution in [3.63, 3.8) is 0 Å². The Morgan fingerprint density at radius 2 is 1.61 bits per heavy atom. The standard InChI is InChI=1S/C26H29NO4/c1-18-24(26(28)31-21-14-10-7-11-15-21)23(30-17-20-12-8-6-9-13-20)16-22(25(18)29-5)19(2)27(3)4/h6-16,19H,17H2,1-5H3/t19-/m0/s1. The van der Waals surface area contributed by atoms with Gasteiger partial charge in [0.25, 0.3) is 0 Å². The summed E-state index contributed by atoms with van der Waals surface area (Å²) >= 11 is 0. The van der Waals surface area contributed by atoms with E-state index in [9.17, 15) is 4.79 Å². The van der Waals surface area contributed by atoms with Crippen molar-refractivity contribution in [1.82, 2.24) is 4.90 Å². The fourth-order valence-corrected chi connectivity index (χ4v) is 3.40. The first kappa shape index (κ1) is 22.4. The number of ether oxygens (including phenoxy) is 3. The smallest absolute Gasteiger partial charge is 0.347 e. The highest BCUT2D eigenvalue weighted by Gasteiger charge is 2.26. The average molecular weight is 420 g/mol. The lowest BCUT2D eigenvalue weighted by Gasteiger charge is -2.25. The zero-order chi connectivity index (χ0) is 22.4. The molecule has 3 aromatic carbocycles. The van der Waals surface area contributed by atoms with Gasteiger partial charge in [0.05, 0.1) is 7.11 Å². The van der Waals surface area contributed by atoms with Crippen LogP contribution in [-0.2, 0) is 6.61 Å². The molecular formula is C26H29NO4. The fraction of sp³-hybridized carbons (Fsp3) is 0.269. The third kappa shape index (κ3) is 5.25. The van der Waals surface area contributed by atoms with E-state index in [4.69, 9.17) is 14.2 Å². The lowest BCUT2D eigenvalue weighted by molar-refractivity contribution is 0.0728. The molecule has 0 saturated carbocycles. The van der Waals surface area contributed by atoms with Gasteiger partial charge in [-0.25, -0.2) is 4.79 Å². The van der Waals surface area contributed by atoms with E-state index in [1.807, 2.05) is 75.6 Å². The number of benzene rings is 3. The Morgan fingerprint density at radius 1 is 1.00 bits per heavy atom. The van der Waals surface area contributed by atoms with Gasteiger partial charge in [-0.2, -0.15) is 0 Å². The Balaban J connectivity index is 2.05. The molecule has 0 spiro atoms. The molecule has 0 heterocycles. The number of esters is 1. The molecule has 5 nitrogen and oxygen atoms in total. The minimum absolute atomic E-state index is 0.0620. The number of para-hydroxylation sites is 1. The summed E-state index contributed by atoms with van der Waals surface area (Å²) < 4.78 is 17.5. The van der Waals surface area contributed by atoms with Crippen LogP contribution in [0.1, 0.15) is 40.0 Å². The molecule has 0 fully saturated rings. The highest BCUT2D eigenvalue weighted by Crippen LogP contribution is 2.39. The molecule has 0 aliphatic carbocycles. The van der Waals surface area contributed by atoms with Crippen LogP contribution in [0.25, 0.3) is 0 Å². The summed E-state index contributed by atoms with van der Waals surface area (Å²) in [6.45, 7) is 4.29. The summed E-state index contributed by atoms with van der Waals surface area (Å²) in [5.74, 6) is 1.14. The van der Waals surface area contributed by atoms with Gasteiger partial charge < -0.3 is 19.1 Å². The highest BCUT2D eigenvalue weighted by atomic mass is 16.5. The number of carbonyl (C=O) groups excluding carboxylic acids is 1. The van der Waals surface area contributed by atoms with Crippen molar-refractivity contribution in [3.05, 3.63) is 89.0 Å². The summed E-state index contributed by atoms with van der Waals surface area (Å²) in [7, 11) is 5.62. The van der Waals surface area contributed by atoms with Crippen molar-refractivity contribution in [3.8, 4) is 17.2 Å². The molecule has 0 saturated heterocycles. The van der Waals surface area contributed by atoms with Gasteiger partial charge in [0.2, 0.25) is 0 Å². The van der Waals surface area contributed by atoms with Crippen LogP contribution in [0.3, 0.4) is 0 Å². The van der Waals surface area contributed by atoms with Crippen LogP contribution in [0.5, 0.6) is 17.2 Å². The Morgan fingerprint density at radius 3 is 2.19 bits per heavy atom. The molecule has 31 heavy (non-hydrogen) atoms. The van der Waals surface area contributed by atoms with Crippen molar-refractivity contribution in [2.45, 2.75) is 26.5 Å². The molecule has 0 aliphatic rings. The number of carbonyl (C=O) groups is 1. The van der Waals surface area contributed by atoms with E-state index in [0.717, 1.165) is 11.1 Å². The van der Waals surface area contributed by atoms with E-state index in [-0.39, 0.29) is 6.04 Å². The molecular weight excluding hydrogens is 390 g/mol. The van der Waals surface area contributed by atoms with Gasteiger partial charge in [-0.3, -0.25) is 0 Å². The van der Waals surface area contributed by atoms with Crippen LogP contribution in [-0.4, -0.2) is 32.1 Å². The van der Waals surface area contributed by atoms with Gasteiger partial charge in [-0.05, 0) is 51.7 Å². The van der Waals surface area contributed by atoms with E-state index in [1.165, 1.54) is 0 Å². The van der Waals surface area contributed by atoms with Crippen molar-refractivity contribution < 1.29 is 19.0 Å². The number of nitrogens with zero attached hydrogens (tertiary/aromatic N) is 1. The van der Waals surface area contributed by atoms with Crippen LogP contribution < -0.4 is 14.2 Å². The second-order valence-corrected chi connectivity index (χ2v) is 7.61. The molecule has 162 valence electrons. The molecule has 5 heteroatoms. The second-order valence-electron chi connectivity index (χ2n) is 7.61. The van der Waals surface area contributed by atoms with Gasteiger partial charge in [-0.15, -0.1) is 0 Å². The maximum Gasteiger partial charge on any atom is 0.347 e. The normalized spacial score (nSPS) is 11.8. The lowest BCUT2D eigenvalue weighted by Crippen LogP contribution is -2.20. The maximum absolute atomic E-state index is 13.2. The lowest BCUT2D eigenvalue weighted by atomic mass is 9.97. The predicted octanol–water partition coefficient (Wildman–Crippen LogP) is 5.42. The first-order valence-electron chi connectivity index (χ1n) is 10.2. The van der Waals surface area contributed by atoms with E-state index < -0.39 is 5.97 Å². The van der Waals surface area contributed by atoms with Crippen molar-refractivity contribution in [2.75, 3.05) is 21.2 Å². The largest absolute Gasteiger partial charge is 0.496 e. The zero-order valence-corrected chi connectivity index (χ0v) is 18.7. The molecule has 0 aromatic heterocycles. The molecule has 0 radical (unpaired) electrons. The minimum Gasteiger partial charge on any atom is -0.496 e. The van der Waals surface area contributed by atoms with Crippen LogP contribution >= 0.6 is 0 Å². The van der Waals surface area contributed by atoms with Crippen LogP contribution in [0.15, 0.2) is 66.7 Å². The number of methoxy groups -OCH3 is 1. The van der Waals surface area contributed by atoms with Gasteiger partial charge in [0, 0.05) is 17.2 Å². The van der Waals surface area contributed by atoms with Gasteiger partial charge >= 0.3 is 5.97 Å². The first-order valence-corrected chi connectivity index (χ1v) is 10.2. The SMILES string of the molecule is COc1c([C@H](C)N(C)C)cc(OCc2ccccc2)c(C(=O)Oc2ccccc2)c1C. The second kappa shape index (κ2) is 10.1. The molecule has 3 aromatic rings. The summed E-state index contributed by atoms with van der Waals surface area (Å²) in [4.78, 5) is 15.3. The third-order valence-electron chi connectivity index (χ3n) is 5.33. The van der Waals surface area contributed by atoms with Gasteiger partial charge in [-0.1, -0.05) is 48.5 Å². The summed E-state index contributed by atoms with van der Waals surface area (Å²) in [6.07, 6.45) is 0. The maximum atomic E-state index is 13.2. The molecule has 0 unspecified atom stereocenters. The van der Waals surface area contributed by atoms with Crippen LogP contribution in [0, 0.1) is 6.92 Å². The van der Waals surface area contributed by atoms with Gasteiger partial charge in [0.1, 0.15) is 29.4 Å². The third-order valence-corrected chi connectivity index (χ3v) is 5.33. The first-order chi connectivity index (χ1) is 14.9. The molecule has 1 atom stereocenters. The van der Waals surface area contributed by atoms with Crippen molar-refractivity contribution in [1.29, 1.82) is 0 Å². The summed E-state index contributed by atoms with van der Waals surface area (Å²) in [5, 5.41) is 0. The topological polar surface area (TPSA) is 48.0 Å². The van der Waals surface area contributed by atoms with E-state index in [0.29, 0.717) is 35.0 Å². The Kier molecular flexibility index (Phi) is 7.32. The molecule has 0 N–H and O–H groups in total. The minimum atomic E-state index is -0.478. The van der Waals surface area contributed by atoms with E-state index in [1.54, 1.807) is 19.2 Å². The van der Waals surface area contributed by atoms with Crippen LogP contribution in [0.4, 0.5) is 0 Å². The van der Waals surface area contributed by atoms with Crippen molar-refractivity contribution >= 4 is 5.97 Å². The molecule has 0 aliphatic heterocycles. The summed E-state index contributed by atoms with van der Waals surface area (Å²) in [5.41, 5.74) is 3.02. The highest BCUT2D eigenvalue weighted by molar-refractivity contribution is 5.96. The number of hydrogen-bond donors (Lipinski definition) is 0. The van der Waals surface area contributed by atoms with E-state index in [2.05, 4.69) is 11.8 Å².